The van der Waals surface area contributed by atoms with Crippen LogP contribution >= 0.6 is 7.82 Å². The van der Waals surface area contributed by atoms with Crippen LogP contribution in [0.3, 0.4) is 0 Å². The standard InChI is InChI=1S/BH4O6P.H2O.Zn/c2-1(3)7-8(4,5)6;;/h2-3H,(H2,4,5,6);1H2;. The molecular formula is H6BO7PZn. The fourth-order valence-corrected chi connectivity index (χ4v) is 0.368. The molecule has 0 aliphatic carbocycles. The van der Waals surface area contributed by atoms with Gasteiger partial charge in [0.1, 0.15) is 0 Å². The molecule has 0 aromatic rings. The van der Waals surface area contributed by atoms with E-state index in [4.69, 9.17) is 19.8 Å². The van der Waals surface area contributed by atoms with Crippen molar-refractivity contribution in [3.8, 4) is 0 Å². The molecule has 58 valence electrons. The average molecular weight is 225 g/mol. The number of hydrogen-bond donors (Lipinski definition) is 4. The molecule has 10 heteroatoms. The van der Waals surface area contributed by atoms with Gasteiger partial charge in [-0.05, 0) is 0 Å². The number of phosphoric acid groups is 1. The summed E-state index contributed by atoms with van der Waals surface area (Å²) in [6, 6.07) is 0. The van der Waals surface area contributed by atoms with E-state index in [-0.39, 0.29) is 25.0 Å². The van der Waals surface area contributed by atoms with Crippen molar-refractivity contribution in [2.24, 2.45) is 0 Å². The van der Waals surface area contributed by atoms with Crippen molar-refractivity contribution in [3.63, 3.8) is 0 Å². The van der Waals surface area contributed by atoms with Gasteiger partial charge in [-0.1, -0.05) is 0 Å². The molecule has 10 heavy (non-hydrogen) atoms. The molecule has 6 N–H and O–H groups in total. The van der Waals surface area contributed by atoms with E-state index in [9.17, 15) is 4.57 Å². The maximum atomic E-state index is 9.59. The van der Waals surface area contributed by atoms with Gasteiger partial charge < -0.3 is 25.3 Å². The Bertz CT molecular complexity index is 106. The molecule has 0 aromatic carbocycles. The van der Waals surface area contributed by atoms with Crippen LogP contribution in [-0.2, 0) is 28.5 Å². The predicted molar refractivity (Wildman–Crippen MR) is 26.9 cm³/mol. The maximum absolute atomic E-state index is 9.59. The third-order valence-corrected chi connectivity index (χ3v) is 0.695. The van der Waals surface area contributed by atoms with Crippen LogP contribution < -0.4 is 0 Å². The van der Waals surface area contributed by atoms with E-state index in [2.05, 4.69) is 4.44 Å². The van der Waals surface area contributed by atoms with E-state index in [1.54, 1.807) is 0 Å². The van der Waals surface area contributed by atoms with Crippen molar-refractivity contribution in [1.82, 2.24) is 0 Å². The summed E-state index contributed by atoms with van der Waals surface area (Å²) in [6.45, 7) is 0. The van der Waals surface area contributed by atoms with Gasteiger partial charge in [0.05, 0.1) is 0 Å². The molecule has 0 radical (unpaired) electrons. The number of hydrogen-bond acceptors (Lipinski definition) is 4. The van der Waals surface area contributed by atoms with E-state index in [0.717, 1.165) is 0 Å². The van der Waals surface area contributed by atoms with Crippen LogP contribution in [0.1, 0.15) is 0 Å². The first-order valence-electron chi connectivity index (χ1n) is 1.52. The largest absolute Gasteiger partial charge is 0.642 e. The first-order chi connectivity index (χ1) is 3.42. The zero-order chi connectivity index (χ0) is 6.78. The monoisotopic (exact) mass is 224 g/mol. The summed E-state index contributed by atoms with van der Waals surface area (Å²) in [4.78, 5) is 15.5. The van der Waals surface area contributed by atoms with Crippen molar-refractivity contribution in [3.05, 3.63) is 0 Å². The van der Waals surface area contributed by atoms with Gasteiger partial charge in [0.15, 0.2) is 0 Å². The summed E-state index contributed by atoms with van der Waals surface area (Å²) < 4.78 is 12.8. The molecule has 0 amide bonds. The molecule has 7 nitrogen and oxygen atoms in total. The smallest absolute Gasteiger partial charge is 0.412 e. The molecule has 0 aliphatic rings. The Labute approximate surface area is 69.5 Å². The Morgan fingerprint density at radius 3 is 1.60 bits per heavy atom. The summed E-state index contributed by atoms with van der Waals surface area (Å²) in [5.74, 6) is 0. The van der Waals surface area contributed by atoms with E-state index in [0.29, 0.717) is 0 Å². The summed E-state index contributed by atoms with van der Waals surface area (Å²) >= 11 is 0. The zero-order valence-corrected chi connectivity index (χ0v) is 8.70. The maximum Gasteiger partial charge on any atom is 0.642 e. The van der Waals surface area contributed by atoms with Gasteiger partial charge in [-0.3, -0.25) is 4.44 Å². The van der Waals surface area contributed by atoms with Crippen molar-refractivity contribution >= 4 is 15.1 Å². The Kier molecular flexibility index (Phi) is 10.8. The van der Waals surface area contributed by atoms with Gasteiger partial charge >= 0.3 is 15.1 Å². The molecule has 0 heterocycles. The van der Waals surface area contributed by atoms with Crippen LogP contribution in [0.25, 0.3) is 0 Å². The third-order valence-electron chi connectivity index (χ3n) is 0.232. The van der Waals surface area contributed by atoms with Gasteiger partial charge in [0.2, 0.25) is 0 Å². The van der Waals surface area contributed by atoms with Crippen molar-refractivity contribution in [1.29, 1.82) is 0 Å². The first-order valence-corrected chi connectivity index (χ1v) is 3.05. The normalized spacial score (nSPS) is 9.20. The fraction of sp³-hybridized carbons (Fsp3) is 0. The molecule has 0 aliphatic heterocycles. The van der Waals surface area contributed by atoms with Crippen molar-refractivity contribution in [2.75, 3.05) is 0 Å². The third kappa shape index (κ3) is 15.9. The summed E-state index contributed by atoms with van der Waals surface area (Å²) in [5.41, 5.74) is 0. The number of rotatable bonds is 2. The van der Waals surface area contributed by atoms with Crippen molar-refractivity contribution in [2.45, 2.75) is 0 Å². The molecule has 0 atom stereocenters. The van der Waals surface area contributed by atoms with Gasteiger partial charge in [-0.15, -0.1) is 0 Å². The molecule has 0 rings (SSSR count). The molecule has 0 fully saturated rings. The Morgan fingerprint density at radius 1 is 1.30 bits per heavy atom. The van der Waals surface area contributed by atoms with Gasteiger partial charge in [-0.2, -0.15) is 0 Å². The van der Waals surface area contributed by atoms with Gasteiger partial charge in [0, 0.05) is 19.5 Å². The van der Waals surface area contributed by atoms with Gasteiger partial charge in [0.25, 0.3) is 0 Å². The van der Waals surface area contributed by atoms with E-state index in [1.807, 2.05) is 0 Å². The second-order valence-electron chi connectivity index (χ2n) is 0.922. The molecule has 0 spiro atoms. The van der Waals surface area contributed by atoms with Crippen LogP contribution in [-0.4, -0.2) is 32.6 Å². The predicted octanol–water partition coefficient (Wildman–Crippen LogP) is -2.76. The molecule has 0 saturated heterocycles. The quantitative estimate of drug-likeness (QED) is 0.296. The second kappa shape index (κ2) is 6.39. The Morgan fingerprint density at radius 2 is 1.60 bits per heavy atom. The second-order valence-corrected chi connectivity index (χ2v) is 2.11. The van der Waals surface area contributed by atoms with Crippen LogP contribution in [0.15, 0.2) is 0 Å². The molecule has 0 unspecified atom stereocenters. The molecule has 0 aromatic heterocycles. The summed E-state index contributed by atoms with van der Waals surface area (Å²) in [7, 11) is -7.14. The fourth-order valence-electron chi connectivity index (χ4n) is 0.123. The van der Waals surface area contributed by atoms with Crippen LogP contribution in [0.4, 0.5) is 0 Å². The van der Waals surface area contributed by atoms with E-state index >= 15 is 0 Å². The van der Waals surface area contributed by atoms with Crippen LogP contribution in [0, 0.1) is 0 Å². The molecular weight excluding hydrogens is 219 g/mol. The van der Waals surface area contributed by atoms with Crippen LogP contribution in [0.5, 0.6) is 0 Å². The van der Waals surface area contributed by atoms with E-state index < -0.39 is 15.1 Å². The Hall–Kier alpha value is 0.678. The van der Waals surface area contributed by atoms with Crippen molar-refractivity contribution < 1.29 is 53.8 Å². The molecule has 0 saturated carbocycles. The topological polar surface area (TPSA) is 139 Å². The SMILES string of the molecule is O.O=P(O)(O)OB(O)O.[Zn]. The van der Waals surface area contributed by atoms with E-state index in [1.165, 1.54) is 0 Å². The first kappa shape index (κ1) is 17.0. The summed E-state index contributed by atoms with van der Waals surface area (Å²) in [5, 5.41) is 15.5. The Balaban J connectivity index is -0.000000245. The molecule has 0 bridgehead atoms. The minimum atomic E-state index is -4.72. The van der Waals surface area contributed by atoms with Gasteiger partial charge in [-0.25, -0.2) is 4.57 Å². The average Bonchev–Trinajstić information content (AvgIpc) is 1.21. The zero-order valence-electron chi connectivity index (χ0n) is 4.84. The van der Waals surface area contributed by atoms with Crippen LogP contribution in [0.2, 0.25) is 0 Å². The summed E-state index contributed by atoms with van der Waals surface area (Å²) in [6.07, 6.45) is 0. The minimum absolute atomic E-state index is 0. The minimum Gasteiger partial charge on any atom is -0.412 e.